The highest BCUT2D eigenvalue weighted by molar-refractivity contribution is 7.89. The van der Waals surface area contributed by atoms with Crippen molar-refractivity contribution in [2.45, 2.75) is 17.9 Å². The number of sulfonamides is 1. The van der Waals surface area contributed by atoms with Crippen molar-refractivity contribution in [1.82, 2.24) is 9.62 Å². The van der Waals surface area contributed by atoms with Crippen molar-refractivity contribution in [3.05, 3.63) is 65.2 Å². The molecule has 0 saturated carbocycles. The predicted molar refractivity (Wildman–Crippen MR) is 87.2 cm³/mol. The van der Waals surface area contributed by atoms with Crippen LogP contribution in [0.15, 0.2) is 47.4 Å². The molecule has 0 bridgehead atoms. The van der Waals surface area contributed by atoms with Gasteiger partial charge in [-0.15, -0.1) is 0 Å². The number of aryl methyl sites for hydroxylation is 1. The lowest BCUT2D eigenvalue weighted by atomic mass is 10.0. The van der Waals surface area contributed by atoms with E-state index in [4.69, 9.17) is 0 Å². The predicted octanol–water partition coefficient (Wildman–Crippen LogP) is 2.14. The molecule has 0 aliphatic carbocycles. The number of carbonyl (C=O) groups excluding carboxylic acids is 1. The summed E-state index contributed by atoms with van der Waals surface area (Å²) in [4.78, 5) is 12.2. The van der Waals surface area contributed by atoms with Gasteiger partial charge in [0.1, 0.15) is 17.7 Å². The number of benzene rings is 2. The molecule has 1 amide bonds. The van der Waals surface area contributed by atoms with Crippen LogP contribution in [0.1, 0.15) is 17.2 Å². The molecule has 25 heavy (non-hydrogen) atoms. The molecule has 1 atom stereocenters. The highest BCUT2D eigenvalue weighted by atomic mass is 32.2. The Balaban J connectivity index is 2.10. The molecule has 1 aliphatic rings. The zero-order valence-electron chi connectivity index (χ0n) is 13.4. The molecule has 3 rings (SSSR count). The molecule has 0 radical (unpaired) electrons. The molecule has 5 nitrogen and oxygen atoms in total. The molecule has 132 valence electrons. The number of amides is 1. The third-order valence-electron chi connectivity index (χ3n) is 4.10. The van der Waals surface area contributed by atoms with Gasteiger partial charge in [0.25, 0.3) is 0 Å². The van der Waals surface area contributed by atoms with Crippen molar-refractivity contribution >= 4 is 15.9 Å². The Morgan fingerprint density at radius 1 is 1.12 bits per heavy atom. The average molecular weight is 366 g/mol. The zero-order chi connectivity index (χ0) is 18.2. The second-order valence-electron chi connectivity index (χ2n) is 5.74. The van der Waals surface area contributed by atoms with E-state index in [1.807, 2.05) is 0 Å². The maximum atomic E-state index is 14.2. The number of hydrogen-bond acceptors (Lipinski definition) is 3. The number of nitrogens with zero attached hydrogens (tertiary/aromatic N) is 1. The first-order valence-corrected chi connectivity index (χ1v) is 9.06. The molecule has 1 N–H and O–H groups in total. The van der Waals surface area contributed by atoms with E-state index >= 15 is 0 Å². The maximum absolute atomic E-state index is 14.2. The molecule has 1 saturated heterocycles. The summed E-state index contributed by atoms with van der Waals surface area (Å²) in [5, 5.41) is 2.56. The quantitative estimate of drug-likeness (QED) is 0.905. The summed E-state index contributed by atoms with van der Waals surface area (Å²) in [6.45, 7) is 1.55. The van der Waals surface area contributed by atoms with Crippen LogP contribution >= 0.6 is 0 Å². The van der Waals surface area contributed by atoms with Crippen LogP contribution in [0, 0.1) is 18.6 Å². The fourth-order valence-corrected chi connectivity index (χ4v) is 4.47. The first kappa shape index (κ1) is 17.5. The Labute approximate surface area is 144 Å². The maximum Gasteiger partial charge on any atom is 0.244 e. The molecule has 1 unspecified atom stereocenters. The molecule has 0 aromatic heterocycles. The third-order valence-corrected chi connectivity index (χ3v) is 5.96. The minimum atomic E-state index is -4.11. The largest absolute Gasteiger partial charge is 0.353 e. The van der Waals surface area contributed by atoms with Crippen molar-refractivity contribution in [1.29, 1.82) is 0 Å². The van der Waals surface area contributed by atoms with Crippen LogP contribution in [-0.2, 0) is 14.8 Å². The van der Waals surface area contributed by atoms with Gasteiger partial charge in [-0.25, -0.2) is 17.2 Å². The Hall–Kier alpha value is -2.32. The third kappa shape index (κ3) is 3.14. The fraction of sp³-hybridized carbons (Fsp3) is 0.235. The lowest BCUT2D eigenvalue weighted by Gasteiger charge is -2.34. The van der Waals surface area contributed by atoms with E-state index in [-0.39, 0.29) is 29.1 Å². The molecular formula is C17H16F2N2O3S. The molecular weight excluding hydrogens is 350 g/mol. The Morgan fingerprint density at radius 2 is 1.84 bits per heavy atom. The monoisotopic (exact) mass is 366 g/mol. The van der Waals surface area contributed by atoms with Gasteiger partial charge in [-0.1, -0.05) is 18.2 Å². The molecule has 1 heterocycles. The van der Waals surface area contributed by atoms with E-state index in [2.05, 4.69) is 5.32 Å². The summed E-state index contributed by atoms with van der Waals surface area (Å²) in [5.41, 5.74) is 0.145. The van der Waals surface area contributed by atoms with E-state index in [0.717, 1.165) is 16.4 Å². The molecule has 2 aromatic rings. The van der Waals surface area contributed by atoms with Gasteiger partial charge < -0.3 is 5.32 Å². The van der Waals surface area contributed by atoms with Crippen molar-refractivity contribution in [2.24, 2.45) is 0 Å². The van der Waals surface area contributed by atoms with Gasteiger partial charge in [0.05, 0.1) is 4.90 Å². The van der Waals surface area contributed by atoms with Crippen LogP contribution < -0.4 is 5.32 Å². The summed E-state index contributed by atoms with van der Waals surface area (Å²) in [7, 11) is -4.11. The van der Waals surface area contributed by atoms with Gasteiger partial charge in [0.2, 0.25) is 15.9 Å². The highest BCUT2D eigenvalue weighted by Crippen LogP contribution is 2.31. The Kier molecular flexibility index (Phi) is 4.57. The van der Waals surface area contributed by atoms with Gasteiger partial charge in [-0.3, -0.25) is 4.79 Å². The van der Waals surface area contributed by atoms with E-state index in [9.17, 15) is 22.0 Å². The summed E-state index contributed by atoms with van der Waals surface area (Å²) < 4.78 is 54.6. The van der Waals surface area contributed by atoms with Gasteiger partial charge in [-0.2, -0.15) is 4.31 Å². The van der Waals surface area contributed by atoms with Crippen molar-refractivity contribution in [3.8, 4) is 0 Å². The molecule has 8 heteroatoms. The van der Waals surface area contributed by atoms with Crippen LogP contribution in [0.25, 0.3) is 0 Å². The SMILES string of the molecule is Cc1cc(S(=O)(=O)N2CCNC(=O)C2c2ccccc2F)ccc1F. The van der Waals surface area contributed by atoms with E-state index < -0.39 is 33.6 Å². The van der Waals surface area contributed by atoms with Crippen LogP contribution in [0.3, 0.4) is 0 Å². The lowest BCUT2D eigenvalue weighted by molar-refractivity contribution is -0.127. The lowest BCUT2D eigenvalue weighted by Crippen LogP contribution is -2.52. The Morgan fingerprint density at radius 3 is 2.52 bits per heavy atom. The standard InChI is InChI=1S/C17H16F2N2O3S/c1-11-10-12(6-7-14(11)18)25(23,24)21-9-8-20-17(22)16(21)13-4-2-3-5-15(13)19/h2-7,10,16H,8-9H2,1H3,(H,20,22). The first-order valence-electron chi connectivity index (χ1n) is 7.62. The fourth-order valence-electron chi connectivity index (χ4n) is 2.81. The number of nitrogens with one attached hydrogen (secondary N) is 1. The van der Waals surface area contributed by atoms with E-state index in [1.165, 1.54) is 37.3 Å². The van der Waals surface area contributed by atoms with Crippen LogP contribution in [0.5, 0.6) is 0 Å². The minimum absolute atomic E-state index is 0.0104. The van der Waals surface area contributed by atoms with Crippen molar-refractivity contribution < 1.29 is 22.0 Å². The Bertz CT molecular complexity index is 931. The smallest absolute Gasteiger partial charge is 0.244 e. The number of hydrogen-bond donors (Lipinski definition) is 1. The van der Waals surface area contributed by atoms with Crippen molar-refractivity contribution in [2.75, 3.05) is 13.1 Å². The van der Waals surface area contributed by atoms with Crippen LogP contribution in [0.4, 0.5) is 8.78 Å². The summed E-state index contributed by atoms with van der Waals surface area (Å²) in [5.74, 6) is -1.79. The number of piperazine rings is 1. The van der Waals surface area contributed by atoms with E-state index in [1.54, 1.807) is 0 Å². The average Bonchev–Trinajstić information content (AvgIpc) is 2.58. The highest BCUT2D eigenvalue weighted by Gasteiger charge is 2.40. The summed E-state index contributed by atoms with van der Waals surface area (Å²) in [6, 6.07) is 7.63. The summed E-state index contributed by atoms with van der Waals surface area (Å²) in [6.07, 6.45) is 0. The van der Waals surface area contributed by atoms with Gasteiger partial charge in [0, 0.05) is 18.7 Å². The van der Waals surface area contributed by atoms with Crippen LogP contribution in [-0.4, -0.2) is 31.7 Å². The topological polar surface area (TPSA) is 66.5 Å². The van der Waals surface area contributed by atoms with E-state index in [0.29, 0.717) is 0 Å². The number of halogens is 2. The molecule has 1 aliphatic heterocycles. The second kappa shape index (κ2) is 6.53. The van der Waals surface area contributed by atoms with Crippen molar-refractivity contribution in [3.63, 3.8) is 0 Å². The molecule has 2 aromatic carbocycles. The molecule has 0 spiro atoms. The first-order chi connectivity index (χ1) is 11.8. The van der Waals surface area contributed by atoms with Gasteiger partial charge in [-0.05, 0) is 36.8 Å². The summed E-state index contributed by atoms with van der Waals surface area (Å²) >= 11 is 0. The second-order valence-corrected chi connectivity index (χ2v) is 7.63. The number of carbonyl (C=O) groups is 1. The van der Waals surface area contributed by atoms with Crippen LogP contribution in [0.2, 0.25) is 0 Å². The van der Waals surface area contributed by atoms with Gasteiger partial charge >= 0.3 is 0 Å². The minimum Gasteiger partial charge on any atom is -0.353 e. The normalized spacial score (nSPS) is 18.8. The van der Waals surface area contributed by atoms with Gasteiger partial charge in [0.15, 0.2) is 0 Å². The zero-order valence-corrected chi connectivity index (χ0v) is 14.2. The molecule has 1 fully saturated rings. The number of rotatable bonds is 3.